The maximum absolute atomic E-state index is 13.1. The summed E-state index contributed by atoms with van der Waals surface area (Å²) in [4.78, 5) is 20.8. The van der Waals surface area contributed by atoms with E-state index in [1.807, 2.05) is 0 Å². The number of nitro groups is 1. The van der Waals surface area contributed by atoms with Crippen LogP contribution in [-0.4, -0.2) is 14.9 Å². The molecular formula is C18H15FN4O2S. The SMILES string of the molecule is O=[N+]([O-])c1cccnc1NC1CCCc2sc(-c3ccc(F)cc3)nc21. The number of hydrogen-bond donors (Lipinski definition) is 1. The summed E-state index contributed by atoms with van der Waals surface area (Å²) in [5.41, 5.74) is 1.72. The van der Waals surface area contributed by atoms with Gasteiger partial charge in [0.25, 0.3) is 0 Å². The molecule has 2 heterocycles. The van der Waals surface area contributed by atoms with Gasteiger partial charge >= 0.3 is 5.69 Å². The van der Waals surface area contributed by atoms with E-state index < -0.39 is 4.92 Å². The highest BCUT2D eigenvalue weighted by atomic mass is 32.1. The van der Waals surface area contributed by atoms with Crippen molar-refractivity contribution in [3.63, 3.8) is 0 Å². The van der Waals surface area contributed by atoms with Crippen LogP contribution < -0.4 is 5.32 Å². The minimum atomic E-state index is -0.440. The lowest BCUT2D eigenvalue weighted by Crippen LogP contribution is -2.18. The number of thiazole rings is 1. The van der Waals surface area contributed by atoms with E-state index in [2.05, 4.69) is 10.3 Å². The summed E-state index contributed by atoms with van der Waals surface area (Å²) in [6.45, 7) is 0. The van der Waals surface area contributed by atoms with Crippen LogP contribution in [0.2, 0.25) is 0 Å². The Morgan fingerprint density at radius 2 is 2.08 bits per heavy atom. The van der Waals surface area contributed by atoms with Gasteiger partial charge in [-0.25, -0.2) is 14.4 Å². The topological polar surface area (TPSA) is 81.0 Å². The number of aryl methyl sites for hydroxylation is 1. The van der Waals surface area contributed by atoms with Crippen molar-refractivity contribution < 1.29 is 9.31 Å². The third-order valence-electron chi connectivity index (χ3n) is 4.34. The monoisotopic (exact) mass is 370 g/mol. The van der Waals surface area contributed by atoms with Crippen LogP contribution in [0.5, 0.6) is 0 Å². The first-order valence-corrected chi connectivity index (χ1v) is 9.05. The van der Waals surface area contributed by atoms with Gasteiger partial charge in [0.2, 0.25) is 5.82 Å². The van der Waals surface area contributed by atoms with Crippen LogP contribution in [0.1, 0.15) is 29.5 Å². The predicted octanol–water partition coefficient (Wildman–Crippen LogP) is 4.74. The molecule has 1 atom stereocenters. The number of nitrogens with one attached hydrogen (secondary N) is 1. The Morgan fingerprint density at radius 3 is 2.85 bits per heavy atom. The zero-order chi connectivity index (χ0) is 18.1. The number of benzene rings is 1. The molecule has 1 unspecified atom stereocenters. The van der Waals surface area contributed by atoms with Crippen LogP contribution in [-0.2, 0) is 6.42 Å². The van der Waals surface area contributed by atoms with E-state index in [-0.39, 0.29) is 23.4 Å². The van der Waals surface area contributed by atoms with E-state index in [1.165, 1.54) is 24.4 Å². The Labute approximate surface area is 152 Å². The van der Waals surface area contributed by atoms with Crippen molar-refractivity contribution in [1.82, 2.24) is 9.97 Å². The fraction of sp³-hybridized carbons (Fsp3) is 0.222. The first-order chi connectivity index (χ1) is 12.6. The van der Waals surface area contributed by atoms with Crippen molar-refractivity contribution in [3.8, 4) is 10.6 Å². The molecule has 0 radical (unpaired) electrons. The van der Waals surface area contributed by atoms with Crippen molar-refractivity contribution in [1.29, 1.82) is 0 Å². The highest BCUT2D eigenvalue weighted by molar-refractivity contribution is 7.15. The summed E-state index contributed by atoms with van der Waals surface area (Å²) < 4.78 is 13.1. The standard InChI is InChI=1S/C18H15FN4O2S/c19-12-8-6-11(7-9-12)18-22-16-13(3-1-5-15(16)26-18)21-17-14(23(24)25)4-2-10-20-17/h2,4,6-10,13H,1,3,5H2,(H,20,21). The van der Waals surface area contributed by atoms with E-state index in [0.717, 1.165) is 40.4 Å². The zero-order valence-corrected chi connectivity index (χ0v) is 14.5. The van der Waals surface area contributed by atoms with Crippen LogP contribution in [0, 0.1) is 15.9 Å². The van der Waals surface area contributed by atoms with Gasteiger partial charge in [-0.1, -0.05) is 0 Å². The lowest BCUT2D eigenvalue weighted by Gasteiger charge is -2.22. The van der Waals surface area contributed by atoms with Gasteiger partial charge in [-0.15, -0.1) is 11.3 Å². The maximum atomic E-state index is 13.1. The minimum absolute atomic E-state index is 0.0476. The van der Waals surface area contributed by atoms with Crippen molar-refractivity contribution >= 4 is 22.8 Å². The first-order valence-electron chi connectivity index (χ1n) is 8.23. The van der Waals surface area contributed by atoms with E-state index >= 15 is 0 Å². The summed E-state index contributed by atoms with van der Waals surface area (Å²) >= 11 is 1.59. The average Bonchev–Trinajstić information content (AvgIpc) is 3.08. The summed E-state index contributed by atoms with van der Waals surface area (Å²) in [6, 6.07) is 9.12. The molecule has 0 saturated carbocycles. The van der Waals surface area contributed by atoms with Gasteiger partial charge in [0.05, 0.1) is 16.7 Å². The van der Waals surface area contributed by atoms with Gasteiger partial charge in [0, 0.05) is 22.7 Å². The smallest absolute Gasteiger partial charge is 0.311 e. The van der Waals surface area contributed by atoms with E-state index in [9.17, 15) is 14.5 Å². The van der Waals surface area contributed by atoms with Gasteiger partial charge in [-0.2, -0.15) is 0 Å². The largest absolute Gasteiger partial charge is 0.356 e. The van der Waals surface area contributed by atoms with Gasteiger partial charge in [-0.05, 0) is 49.6 Å². The van der Waals surface area contributed by atoms with Gasteiger partial charge in [0.1, 0.15) is 10.8 Å². The molecule has 0 saturated heterocycles. The number of hydrogen-bond acceptors (Lipinski definition) is 6. The molecule has 3 aromatic rings. The Bertz CT molecular complexity index is 958. The molecule has 4 rings (SSSR count). The highest BCUT2D eigenvalue weighted by Gasteiger charge is 2.27. The molecule has 1 aliphatic carbocycles. The molecule has 0 aliphatic heterocycles. The normalized spacial score (nSPS) is 16.1. The van der Waals surface area contributed by atoms with Gasteiger partial charge < -0.3 is 5.32 Å². The molecule has 0 fully saturated rings. The average molecular weight is 370 g/mol. The second kappa shape index (κ2) is 6.80. The fourth-order valence-electron chi connectivity index (χ4n) is 3.10. The zero-order valence-electron chi connectivity index (χ0n) is 13.7. The number of aromatic nitrogens is 2. The molecule has 0 bridgehead atoms. The molecule has 1 aromatic carbocycles. The van der Waals surface area contributed by atoms with Crippen molar-refractivity contribution in [2.45, 2.75) is 25.3 Å². The number of rotatable bonds is 4. The summed E-state index contributed by atoms with van der Waals surface area (Å²) in [5, 5.41) is 15.2. The van der Waals surface area contributed by atoms with Crippen molar-refractivity contribution in [2.75, 3.05) is 5.32 Å². The molecule has 1 aliphatic rings. The Morgan fingerprint density at radius 1 is 1.27 bits per heavy atom. The van der Waals surface area contributed by atoms with E-state index in [1.54, 1.807) is 29.5 Å². The molecule has 2 aromatic heterocycles. The molecule has 1 N–H and O–H groups in total. The molecule has 6 nitrogen and oxygen atoms in total. The van der Waals surface area contributed by atoms with E-state index in [4.69, 9.17) is 4.98 Å². The summed E-state index contributed by atoms with van der Waals surface area (Å²) in [5.74, 6) is -0.0243. The highest BCUT2D eigenvalue weighted by Crippen LogP contribution is 2.39. The first kappa shape index (κ1) is 16.6. The molecular weight excluding hydrogens is 355 g/mol. The summed E-state index contributed by atoms with van der Waals surface area (Å²) in [6.07, 6.45) is 4.25. The van der Waals surface area contributed by atoms with Crippen LogP contribution >= 0.6 is 11.3 Å². The second-order valence-electron chi connectivity index (χ2n) is 6.05. The lowest BCUT2D eigenvalue weighted by atomic mass is 9.97. The number of pyridine rings is 1. The van der Waals surface area contributed by atoms with Gasteiger partial charge in [-0.3, -0.25) is 10.1 Å². The number of fused-ring (bicyclic) bond motifs is 1. The second-order valence-corrected chi connectivity index (χ2v) is 7.14. The van der Waals surface area contributed by atoms with E-state index in [0.29, 0.717) is 0 Å². The van der Waals surface area contributed by atoms with Gasteiger partial charge in [0.15, 0.2) is 0 Å². The third-order valence-corrected chi connectivity index (χ3v) is 5.52. The van der Waals surface area contributed by atoms with Crippen LogP contribution in [0.3, 0.4) is 0 Å². The third kappa shape index (κ3) is 3.15. The van der Waals surface area contributed by atoms with Crippen LogP contribution in [0.25, 0.3) is 10.6 Å². The van der Waals surface area contributed by atoms with Crippen LogP contribution in [0.4, 0.5) is 15.9 Å². The molecule has 0 spiro atoms. The summed E-state index contributed by atoms with van der Waals surface area (Å²) in [7, 11) is 0. The minimum Gasteiger partial charge on any atom is -0.356 e. The Kier molecular flexibility index (Phi) is 4.34. The number of anilines is 1. The van der Waals surface area contributed by atoms with Crippen molar-refractivity contribution in [3.05, 3.63) is 69.1 Å². The molecule has 132 valence electrons. The van der Waals surface area contributed by atoms with Crippen LogP contribution in [0.15, 0.2) is 42.6 Å². The molecule has 0 amide bonds. The Balaban J connectivity index is 1.66. The lowest BCUT2D eigenvalue weighted by molar-refractivity contribution is -0.384. The number of nitrogens with zero attached hydrogens (tertiary/aromatic N) is 3. The number of halogens is 1. The Hall–Kier alpha value is -2.87. The molecule has 8 heteroatoms. The van der Waals surface area contributed by atoms with Crippen molar-refractivity contribution in [2.24, 2.45) is 0 Å². The molecule has 26 heavy (non-hydrogen) atoms. The fourth-order valence-corrected chi connectivity index (χ4v) is 4.27. The quantitative estimate of drug-likeness (QED) is 0.530. The predicted molar refractivity (Wildman–Crippen MR) is 97.7 cm³/mol. The maximum Gasteiger partial charge on any atom is 0.311 e.